The molecule has 0 aliphatic heterocycles. The van der Waals surface area contributed by atoms with Crippen LogP contribution in [-0.2, 0) is 0 Å². The van der Waals surface area contributed by atoms with Crippen LogP contribution in [0.25, 0.3) is 0 Å². The number of hydrogen-bond acceptors (Lipinski definition) is 4. The predicted molar refractivity (Wildman–Crippen MR) is 75.3 cm³/mol. The van der Waals surface area contributed by atoms with E-state index in [1.54, 1.807) is 19.1 Å². The minimum Gasteiger partial charge on any atom is -0.397 e. The summed E-state index contributed by atoms with van der Waals surface area (Å²) >= 11 is 5.83. The Hall–Kier alpha value is -2.14. The third kappa shape index (κ3) is 3.00. The molecule has 0 saturated heterocycles. The third-order valence-corrected chi connectivity index (χ3v) is 3.02. The second-order valence-corrected chi connectivity index (χ2v) is 4.55. The monoisotopic (exact) mass is 276 g/mol. The van der Waals surface area contributed by atoms with E-state index in [0.29, 0.717) is 27.8 Å². The Balaban J connectivity index is 2.25. The van der Waals surface area contributed by atoms with E-state index in [0.717, 1.165) is 5.56 Å². The van der Waals surface area contributed by atoms with Gasteiger partial charge in [0.05, 0.1) is 35.0 Å². The Kier molecular flexibility index (Phi) is 3.66. The lowest BCUT2D eigenvalue weighted by Crippen LogP contribution is -2.14. The highest BCUT2D eigenvalue weighted by atomic mass is 35.5. The number of halogens is 1. The van der Waals surface area contributed by atoms with E-state index in [1.165, 1.54) is 12.4 Å². The lowest BCUT2D eigenvalue weighted by molar-refractivity contribution is 0.102. The number of nitrogens with two attached hydrogens (primary N) is 1. The molecule has 1 amide bonds. The Morgan fingerprint density at radius 1 is 1.26 bits per heavy atom. The fourth-order valence-electron chi connectivity index (χ4n) is 1.60. The second-order valence-electron chi connectivity index (χ2n) is 4.19. The van der Waals surface area contributed by atoms with Gasteiger partial charge in [0.15, 0.2) is 0 Å². The number of nitrogens with zero attached hydrogens (tertiary/aromatic N) is 2. The number of hydrogen-bond donors (Lipinski definition) is 2. The van der Waals surface area contributed by atoms with Gasteiger partial charge in [-0.05, 0) is 31.5 Å². The summed E-state index contributed by atoms with van der Waals surface area (Å²) in [6.07, 6.45) is 3.02. The smallest absolute Gasteiger partial charge is 0.257 e. The van der Waals surface area contributed by atoms with Gasteiger partial charge in [0.25, 0.3) is 5.91 Å². The van der Waals surface area contributed by atoms with E-state index in [-0.39, 0.29) is 5.91 Å². The molecule has 0 aliphatic carbocycles. The van der Waals surface area contributed by atoms with Gasteiger partial charge in [-0.3, -0.25) is 9.78 Å². The minimum atomic E-state index is -0.277. The van der Waals surface area contributed by atoms with E-state index < -0.39 is 0 Å². The van der Waals surface area contributed by atoms with Gasteiger partial charge in [-0.2, -0.15) is 0 Å². The summed E-state index contributed by atoms with van der Waals surface area (Å²) in [5, 5.41) is 3.16. The van der Waals surface area contributed by atoms with Gasteiger partial charge in [0.1, 0.15) is 5.15 Å². The maximum atomic E-state index is 12.1. The maximum absolute atomic E-state index is 12.1. The molecular weight excluding hydrogens is 264 g/mol. The summed E-state index contributed by atoms with van der Waals surface area (Å²) in [5.41, 5.74) is 8.50. The third-order valence-electron chi connectivity index (χ3n) is 2.62. The first-order valence-corrected chi connectivity index (χ1v) is 6.01. The average molecular weight is 277 g/mol. The van der Waals surface area contributed by atoms with E-state index in [2.05, 4.69) is 15.3 Å². The SMILES string of the molecule is Cc1cc(NC(=O)c2cc(N)cnc2C)cnc1Cl. The van der Waals surface area contributed by atoms with Crippen molar-refractivity contribution in [3.05, 3.63) is 46.5 Å². The van der Waals surface area contributed by atoms with Crippen molar-refractivity contribution in [2.45, 2.75) is 13.8 Å². The van der Waals surface area contributed by atoms with Gasteiger partial charge < -0.3 is 11.1 Å². The van der Waals surface area contributed by atoms with Crippen molar-refractivity contribution in [3.8, 4) is 0 Å². The number of carbonyl (C=O) groups is 1. The lowest BCUT2D eigenvalue weighted by Gasteiger charge is -2.08. The number of nitrogens with one attached hydrogen (secondary N) is 1. The molecule has 2 aromatic heterocycles. The summed E-state index contributed by atoms with van der Waals surface area (Å²) in [4.78, 5) is 20.1. The van der Waals surface area contributed by atoms with Crippen molar-refractivity contribution in [1.29, 1.82) is 0 Å². The minimum absolute atomic E-state index is 0.277. The molecule has 0 spiro atoms. The molecule has 0 bridgehead atoms. The molecule has 0 unspecified atom stereocenters. The van der Waals surface area contributed by atoms with Crippen LogP contribution in [-0.4, -0.2) is 15.9 Å². The number of pyridine rings is 2. The van der Waals surface area contributed by atoms with Gasteiger partial charge in [0, 0.05) is 0 Å². The highest BCUT2D eigenvalue weighted by Gasteiger charge is 2.11. The van der Waals surface area contributed by atoms with Crippen LogP contribution in [0.4, 0.5) is 11.4 Å². The molecule has 0 radical (unpaired) electrons. The normalized spacial score (nSPS) is 10.3. The van der Waals surface area contributed by atoms with Crippen LogP contribution >= 0.6 is 11.6 Å². The van der Waals surface area contributed by atoms with E-state index in [4.69, 9.17) is 17.3 Å². The number of aromatic nitrogens is 2. The van der Waals surface area contributed by atoms with E-state index in [9.17, 15) is 4.79 Å². The second kappa shape index (κ2) is 5.24. The van der Waals surface area contributed by atoms with Crippen molar-refractivity contribution in [2.24, 2.45) is 0 Å². The fraction of sp³-hybridized carbons (Fsp3) is 0.154. The molecule has 0 aliphatic rings. The van der Waals surface area contributed by atoms with E-state index >= 15 is 0 Å². The highest BCUT2D eigenvalue weighted by molar-refractivity contribution is 6.30. The predicted octanol–water partition coefficient (Wildman–Crippen LogP) is 2.58. The molecule has 0 fully saturated rings. The molecule has 98 valence electrons. The largest absolute Gasteiger partial charge is 0.397 e. The van der Waals surface area contributed by atoms with Crippen LogP contribution in [0.15, 0.2) is 24.5 Å². The van der Waals surface area contributed by atoms with Crippen molar-refractivity contribution < 1.29 is 4.79 Å². The first-order valence-electron chi connectivity index (χ1n) is 5.63. The first kappa shape index (κ1) is 13.3. The quantitative estimate of drug-likeness (QED) is 0.826. The number of anilines is 2. The van der Waals surface area contributed by atoms with Gasteiger partial charge >= 0.3 is 0 Å². The number of amides is 1. The Bertz CT molecular complexity index is 643. The van der Waals surface area contributed by atoms with Gasteiger partial charge in [-0.15, -0.1) is 0 Å². The van der Waals surface area contributed by atoms with Crippen LogP contribution < -0.4 is 11.1 Å². The highest BCUT2D eigenvalue weighted by Crippen LogP contribution is 2.17. The summed E-state index contributed by atoms with van der Waals surface area (Å²) in [5.74, 6) is -0.277. The summed E-state index contributed by atoms with van der Waals surface area (Å²) < 4.78 is 0. The molecule has 0 saturated carbocycles. The van der Waals surface area contributed by atoms with Crippen LogP contribution in [0.3, 0.4) is 0 Å². The number of aryl methyl sites for hydroxylation is 2. The zero-order valence-corrected chi connectivity index (χ0v) is 11.3. The van der Waals surface area contributed by atoms with Crippen molar-refractivity contribution in [1.82, 2.24) is 9.97 Å². The Labute approximate surface area is 115 Å². The molecule has 2 heterocycles. The first-order chi connectivity index (χ1) is 8.97. The summed E-state index contributed by atoms with van der Waals surface area (Å²) in [6, 6.07) is 3.34. The lowest BCUT2D eigenvalue weighted by atomic mass is 10.1. The van der Waals surface area contributed by atoms with Gasteiger partial charge in [0.2, 0.25) is 0 Å². The van der Waals surface area contributed by atoms with Crippen LogP contribution in [0.5, 0.6) is 0 Å². The molecule has 5 nitrogen and oxygen atoms in total. The van der Waals surface area contributed by atoms with Crippen LogP contribution in [0, 0.1) is 13.8 Å². The topological polar surface area (TPSA) is 80.9 Å². The molecule has 19 heavy (non-hydrogen) atoms. The van der Waals surface area contributed by atoms with Crippen molar-refractivity contribution >= 4 is 28.9 Å². The Morgan fingerprint density at radius 3 is 2.68 bits per heavy atom. The molecule has 2 rings (SSSR count). The molecule has 6 heteroatoms. The molecule has 0 aromatic carbocycles. The van der Waals surface area contributed by atoms with Crippen molar-refractivity contribution in [3.63, 3.8) is 0 Å². The zero-order valence-electron chi connectivity index (χ0n) is 10.6. The molecule has 3 N–H and O–H groups in total. The molecule has 2 aromatic rings. The number of carbonyl (C=O) groups excluding carboxylic acids is 1. The van der Waals surface area contributed by atoms with E-state index in [1.807, 2.05) is 6.92 Å². The molecule has 0 atom stereocenters. The zero-order chi connectivity index (χ0) is 14.0. The fourth-order valence-corrected chi connectivity index (χ4v) is 1.71. The van der Waals surface area contributed by atoms with Crippen molar-refractivity contribution in [2.75, 3.05) is 11.1 Å². The number of nitrogen functional groups attached to an aromatic ring is 1. The van der Waals surface area contributed by atoms with Gasteiger partial charge in [-0.1, -0.05) is 11.6 Å². The number of rotatable bonds is 2. The Morgan fingerprint density at radius 2 is 2.00 bits per heavy atom. The van der Waals surface area contributed by atoms with Gasteiger partial charge in [-0.25, -0.2) is 4.98 Å². The average Bonchev–Trinajstić information content (AvgIpc) is 2.36. The maximum Gasteiger partial charge on any atom is 0.257 e. The molecular formula is C13H13ClN4O. The van der Waals surface area contributed by atoms with Crippen LogP contribution in [0.2, 0.25) is 5.15 Å². The summed E-state index contributed by atoms with van der Waals surface area (Å²) in [7, 11) is 0. The summed E-state index contributed by atoms with van der Waals surface area (Å²) in [6.45, 7) is 3.57. The standard InChI is InChI=1S/C13H13ClN4O/c1-7-3-10(6-17-12(7)14)18-13(19)11-4-9(15)5-16-8(11)2/h3-6H,15H2,1-2H3,(H,18,19). The van der Waals surface area contributed by atoms with Crippen LogP contribution in [0.1, 0.15) is 21.6 Å².